The topological polar surface area (TPSA) is 94.7 Å². The van der Waals surface area contributed by atoms with Gasteiger partial charge in [0.05, 0.1) is 5.69 Å². The van der Waals surface area contributed by atoms with Crippen LogP contribution in [0, 0.1) is 13.8 Å². The van der Waals surface area contributed by atoms with E-state index < -0.39 is 5.56 Å². The zero-order chi connectivity index (χ0) is 20.4. The molecule has 0 unspecified atom stereocenters. The van der Waals surface area contributed by atoms with Crippen LogP contribution in [-0.2, 0) is 17.9 Å². The SMILES string of the molecule is Cc1ccc(CNC(=O)Cn2cnc3c(nnn3-c3cccc(C)c3)c2=O)cc1. The van der Waals surface area contributed by atoms with Gasteiger partial charge < -0.3 is 5.32 Å². The Balaban J connectivity index is 1.53. The number of nitrogens with zero attached hydrogens (tertiary/aromatic N) is 5. The highest BCUT2D eigenvalue weighted by atomic mass is 16.2. The van der Waals surface area contributed by atoms with E-state index in [1.807, 2.05) is 62.4 Å². The molecule has 0 saturated heterocycles. The first-order chi connectivity index (χ1) is 14.0. The van der Waals surface area contributed by atoms with Gasteiger partial charge in [0, 0.05) is 6.54 Å². The van der Waals surface area contributed by atoms with Crippen LogP contribution in [0.3, 0.4) is 0 Å². The number of carbonyl (C=O) groups excluding carboxylic acids is 1. The molecule has 2 heterocycles. The summed E-state index contributed by atoms with van der Waals surface area (Å²) in [5.41, 5.74) is 4.06. The Labute approximate surface area is 166 Å². The first-order valence-corrected chi connectivity index (χ1v) is 9.21. The van der Waals surface area contributed by atoms with Gasteiger partial charge in [-0.25, -0.2) is 4.98 Å². The number of fused-ring (bicyclic) bond motifs is 1. The van der Waals surface area contributed by atoms with E-state index in [9.17, 15) is 9.59 Å². The fraction of sp³-hybridized carbons (Fsp3) is 0.190. The van der Waals surface area contributed by atoms with E-state index in [4.69, 9.17) is 0 Å². The zero-order valence-electron chi connectivity index (χ0n) is 16.2. The van der Waals surface area contributed by atoms with Crippen molar-refractivity contribution in [1.82, 2.24) is 29.9 Å². The van der Waals surface area contributed by atoms with Gasteiger partial charge in [-0.3, -0.25) is 14.2 Å². The highest BCUT2D eigenvalue weighted by molar-refractivity contribution is 5.76. The number of rotatable bonds is 5. The maximum atomic E-state index is 12.7. The van der Waals surface area contributed by atoms with E-state index in [1.54, 1.807) is 0 Å². The lowest BCUT2D eigenvalue weighted by molar-refractivity contribution is -0.121. The third-order valence-electron chi connectivity index (χ3n) is 4.60. The molecule has 0 atom stereocenters. The van der Waals surface area contributed by atoms with Crippen LogP contribution in [0.2, 0.25) is 0 Å². The lowest BCUT2D eigenvalue weighted by atomic mass is 10.1. The number of aromatic nitrogens is 5. The van der Waals surface area contributed by atoms with Crippen LogP contribution in [0.25, 0.3) is 16.9 Å². The van der Waals surface area contributed by atoms with Crippen molar-refractivity contribution < 1.29 is 4.79 Å². The number of hydrogen-bond donors (Lipinski definition) is 1. The number of nitrogens with one attached hydrogen (secondary N) is 1. The summed E-state index contributed by atoms with van der Waals surface area (Å²) in [5.74, 6) is -0.278. The monoisotopic (exact) mass is 388 g/mol. The Hall–Kier alpha value is -3.81. The molecule has 4 rings (SSSR count). The molecule has 4 aromatic rings. The maximum Gasteiger partial charge on any atom is 0.284 e. The maximum absolute atomic E-state index is 12.7. The summed E-state index contributed by atoms with van der Waals surface area (Å²) in [4.78, 5) is 29.3. The van der Waals surface area contributed by atoms with Gasteiger partial charge in [0.2, 0.25) is 5.91 Å². The van der Waals surface area contributed by atoms with Crippen LogP contribution < -0.4 is 10.9 Å². The minimum atomic E-state index is -0.403. The summed E-state index contributed by atoms with van der Waals surface area (Å²) in [6, 6.07) is 15.6. The van der Waals surface area contributed by atoms with Crippen LogP contribution in [0.1, 0.15) is 16.7 Å². The van der Waals surface area contributed by atoms with Gasteiger partial charge >= 0.3 is 0 Å². The Morgan fingerprint density at radius 2 is 1.86 bits per heavy atom. The Kier molecular flexibility index (Phi) is 4.90. The third-order valence-corrected chi connectivity index (χ3v) is 4.60. The molecule has 1 N–H and O–H groups in total. The number of aryl methyl sites for hydroxylation is 2. The van der Waals surface area contributed by atoms with Crippen LogP contribution >= 0.6 is 0 Å². The second kappa shape index (κ2) is 7.67. The first-order valence-electron chi connectivity index (χ1n) is 9.21. The van der Waals surface area contributed by atoms with Crippen molar-refractivity contribution in [2.24, 2.45) is 0 Å². The molecule has 8 nitrogen and oxygen atoms in total. The van der Waals surface area contributed by atoms with E-state index in [2.05, 4.69) is 20.6 Å². The minimum absolute atomic E-state index is 0.125. The predicted octanol–water partition coefficient (Wildman–Crippen LogP) is 1.91. The molecule has 2 aromatic carbocycles. The molecule has 1 amide bonds. The van der Waals surface area contributed by atoms with Gasteiger partial charge in [0.1, 0.15) is 12.9 Å². The third kappa shape index (κ3) is 3.91. The zero-order valence-corrected chi connectivity index (χ0v) is 16.2. The van der Waals surface area contributed by atoms with Crippen molar-refractivity contribution in [2.45, 2.75) is 26.9 Å². The van der Waals surface area contributed by atoms with Crippen LogP contribution in [0.5, 0.6) is 0 Å². The molecule has 29 heavy (non-hydrogen) atoms. The average molecular weight is 388 g/mol. The highest BCUT2D eigenvalue weighted by Gasteiger charge is 2.14. The molecular weight excluding hydrogens is 368 g/mol. The molecule has 0 bridgehead atoms. The number of hydrogen-bond acceptors (Lipinski definition) is 5. The normalized spacial score (nSPS) is 11.0. The summed E-state index contributed by atoms with van der Waals surface area (Å²) in [7, 11) is 0. The summed E-state index contributed by atoms with van der Waals surface area (Å²) < 4.78 is 2.76. The van der Waals surface area contributed by atoms with Crippen LogP contribution in [0.15, 0.2) is 59.7 Å². The smallest absolute Gasteiger partial charge is 0.284 e. The molecular formula is C21H20N6O2. The summed E-state index contributed by atoms with van der Waals surface area (Å²) in [5, 5.41) is 10.9. The molecule has 0 radical (unpaired) electrons. The van der Waals surface area contributed by atoms with Gasteiger partial charge in [-0.15, -0.1) is 5.10 Å². The molecule has 0 spiro atoms. The second-order valence-corrected chi connectivity index (χ2v) is 6.95. The van der Waals surface area contributed by atoms with Crippen molar-refractivity contribution >= 4 is 17.1 Å². The number of carbonyl (C=O) groups is 1. The van der Waals surface area contributed by atoms with Gasteiger partial charge in [0.25, 0.3) is 5.56 Å². The standard InChI is InChI=1S/C21H20N6O2/c1-14-6-8-16(9-7-14)11-22-18(28)12-26-13-23-20-19(21(26)29)24-25-27(20)17-5-3-4-15(2)10-17/h3-10,13H,11-12H2,1-2H3,(H,22,28). The molecule has 8 heteroatoms. The summed E-state index contributed by atoms with van der Waals surface area (Å²) in [6.45, 7) is 4.24. The van der Waals surface area contributed by atoms with Gasteiger partial charge in [0.15, 0.2) is 11.2 Å². The largest absolute Gasteiger partial charge is 0.350 e. The van der Waals surface area contributed by atoms with E-state index in [0.29, 0.717) is 12.2 Å². The predicted molar refractivity (Wildman–Crippen MR) is 109 cm³/mol. The molecule has 146 valence electrons. The van der Waals surface area contributed by atoms with E-state index in [-0.39, 0.29) is 18.0 Å². The van der Waals surface area contributed by atoms with Crippen molar-refractivity contribution in [3.63, 3.8) is 0 Å². The van der Waals surface area contributed by atoms with Gasteiger partial charge in [-0.05, 0) is 37.1 Å². The molecule has 0 aliphatic rings. The van der Waals surface area contributed by atoms with Crippen LogP contribution in [-0.4, -0.2) is 30.5 Å². The molecule has 2 aromatic heterocycles. The van der Waals surface area contributed by atoms with Gasteiger partial charge in [-0.2, -0.15) is 4.68 Å². The van der Waals surface area contributed by atoms with E-state index in [1.165, 1.54) is 15.6 Å². The lowest BCUT2D eigenvalue weighted by Crippen LogP contribution is -2.32. The minimum Gasteiger partial charge on any atom is -0.350 e. The fourth-order valence-electron chi connectivity index (χ4n) is 3.01. The van der Waals surface area contributed by atoms with Crippen molar-refractivity contribution in [3.05, 3.63) is 81.9 Å². The quantitative estimate of drug-likeness (QED) is 0.564. The molecule has 0 fully saturated rings. The number of amides is 1. The van der Waals surface area contributed by atoms with Gasteiger partial charge in [-0.1, -0.05) is 47.2 Å². The van der Waals surface area contributed by atoms with E-state index in [0.717, 1.165) is 22.4 Å². The van der Waals surface area contributed by atoms with Crippen molar-refractivity contribution in [2.75, 3.05) is 0 Å². The molecule has 0 aliphatic carbocycles. The molecule has 0 saturated carbocycles. The second-order valence-electron chi connectivity index (χ2n) is 6.95. The Morgan fingerprint density at radius 1 is 1.07 bits per heavy atom. The van der Waals surface area contributed by atoms with Crippen LogP contribution in [0.4, 0.5) is 0 Å². The lowest BCUT2D eigenvalue weighted by Gasteiger charge is -2.08. The number of benzene rings is 2. The fourth-order valence-corrected chi connectivity index (χ4v) is 3.01. The highest BCUT2D eigenvalue weighted by Crippen LogP contribution is 2.13. The average Bonchev–Trinajstić information content (AvgIpc) is 3.15. The summed E-state index contributed by atoms with van der Waals surface area (Å²) >= 11 is 0. The molecule has 0 aliphatic heterocycles. The van der Waals surface area contributed by atoms with E-state index >= 15 is 0 Å². The summed E-state index contributed by atoms with van der Waals surface area (Å²) in [6.07, 6.45) is 1.35. The Bertz CT molecular complexity index is 1240. The Morgan fingerprint density at radius 3 is 2.62 bits per heavy atom. The van der Waals surface area contributed by atoms with Crippen molar-refractivity contribution in [3.8, 4) is 5.69 Å². The first kappa shape index (κ1) is 18.5. The van der Waals surface area contributed by atoms with Crippen molar-refractivity contribution in [1.29, 1.82) is 0 Å².